The quantitative estimate of drug-likeness (QED) is 0.0523. The second-order valence-electron chi connectivity index (χ2n) is 22.9. The predicted molar refractivity (Wildman–Crippen MR) is 322 cm³/mol. The summed E-state index contributed by atoms with van der Waals surface area (Å²) < 4.78 is 62.9. The lowest BCUT2D eigenvalue weighted by Gasteiger charge is -2.31. The number of carbonyl (C=O) groups excluding carboxylic acids is 8. The molecule has 8 amide bonds. The maximum atomic E-state index is 14.2. The molecule has 4 fully saturated rings. The lowest BCUT2D eigenvalue weighted by Crippen LogP contribution is -2.46. The van der Waals surface area contributed by atoms with Crippen molar-refractivity contribution in [2.75, 3.05) is 39.3 Å². The van der Waals surface area contributed by atoms with E-state index in [4.69, 9.17) is 50.3 Å². The fraction of sp³-hybridized carbons (Fsp3) is 0.426. The van der Waals surface area contributed by atoms with Crippen molar-refractivity contribution >= 4 is 98.2 Å². The number of hydrogen-bond donors (Lipinski definition) is 6. The fourth-order valence-electron chi connectivity index (χ4n) is 10.7. The van der Waals surface area contributed by atoms with Crippen molar-refractivity contribution in [1.29, 1.82) is 0 Å². The third-order valence-corrected chi connectivity index (χ3v) is 16.3. The van der Waals surface area contributed by atoms with Crippen LogP contribution in [0.2, 0.25) is 10.0 Å². The highest BCUT2D eigenvalue weighted by Crippen LogP contribution is 2.30. The molecule has 10 rings (SSSR count). The molecule has 2 aliphatic heterocycles. The van der Waals surface area contributed by atoms with E-state index in [-0.39, 0.29) is 126 Å². The van der Waals surface area contributed by atoms with Gasteiger partial charge in [0.25, 0.3) is 11.8 Å². The van der Waals surface area contributed by atoms with Crippen molar-refractivity contribution in [1.82, 2.24) is 49.8 Å². The minimum Gasteiger partial charge on any atom is -0.475 e. The van der Waals surface area contributed by atoms with Gasteiger partial charge < -0.3 is 52.5 Å². The highest BCUT2D eigenvalue weighted by molar-refractivity contribution is 6.31. The van der Waals surface area contributed by atoms with Gasteiger partial charge >= 0.3 is 12.1 Å². The third kappa shape index (κ3) is 18.2. The summed E-state index contributed by atoms with van der Waals surface area (Å²) in [6, 6.07) is 19.3. The number of piperidine rings is 2. The van der Waals surface area contributed by atoms with Gasteiger partial charge in [0, 0.05) is 79.3 Å². The van der Waals surface area contributed by atoms with E-state index >= 15 is 0 Å². The molecule has 6 aromatic rings. The summed E-state index contributed by atoms with van der Waals surface area (Å²) in [5.41, 5.74) is 20.2. The summed E-state index contributed by atoms with van der Waals surface area (Å²) in [6.07, 6.45) is 2.13. The van der Waals surface area contributed by atoms with Crippen LogP contribution in [-0.2, 0) is 72.6 Å². The van der Waals surface area contributed by atoms with Gasteiger partial charge in [-0.1, -0.05) is 66.5 Å². The van der Waals surface area contributed by atoms with Crippen molar-refractivity contribution in [2.24, 2.45) is 23.1 Å². The number of amides is 8. The molecule has 4 heterocycles. The third-order valence-electron chi connectivity index (χ3n) is 15.7. The summed E-state index contributed by atoms with van der Waals surface area (Å²) in [5.74, 6) is -6.60. The summed E-state index contributed by atoms with van der Waals surface area (Å²) in [6.45, 7) is 3.82. The molecule has 2 saturated carbocycles. The first-order valence-corrected chi connectivity index (χ1v) is 30.1. The highest BCUT2D eigenvalue weighted by Gasteiger charge is 2.39. The monoisotopic (exact) mass is 1310 g/mol. The Labute approximate surface area is 528 Å². The number of hydrogen-bond acceptors (Lipinski definition) is 12. The molecule has 2 atom stereocenters. The molecule has 30 heteroatoms. The van der Waals surface area contributed by atoms with Crippen LogP contribution in [0.3, 0.4) is 0 Å². The van der Waals surface area contributed by atoms with Crippen LogP contribution >= 0.6 is 23.2 Å². The van der Waals surface area contributed by atoms with Crippen molar-refractivity contribution in [3.8, 4) is 0 Å². The Bertz CT molecular complexity index is 3540. The Morgan fingerprint density at radius 3 is 1.41 bits per heavy atom. The number of nitrogens with two attached hydrogens (primary N) is 3. The first kappa shape index (κ1) is 68.2. The second-order valence-corrected chi connectivity index (χ2v) is 23.7. The van der Waals surface area contributed by atoms with E-state index < -0.39 is 47.4 Å². The maximum Gasteiger partial charge on any atom is 0.490 e. The molecule has 0 unspecified atom stereocenters. The van der Waals surface area contributed by atoms with E-state index in [0.29, 0.717) is 46.4 Å². The average Bonchev–Trinajstić information content (AvgIpc) is 1.65. The lowest BCUT2D eigenvalue weighted by molar-refractivity contribution is -0.192. The number of primary amides is 2. The van der Waals surface area contributed by atoms with E-state index in [1.807, 2.05) is 4.90 Å². The topological polar surface area (TPSA) is 325 Å². The zero-order valence-corrected chi connectivity index (χ0v) is 51.0. The molecule has 2 aliphatic carbocycles. The van der Waals surface area contributed by atoms with Crippen molar-refractivity contribution in [3.63, 3.8) is 0 Å². The van der Waals surface area contributed by atoms with Crippen molar-refractivity contribution in [3.05, 3.63) is 128 Å². The number of nitrogens with zero attached hydrogens (tertiary/aromatic N) is 8. The Balaban J connectivity index is 0.000000212. The molecule has 0 bridgehead atoms. The van der Waals surface area contributed by atoms with Crippen molar-refractivity contribution < 1.29 is 70.2 Å². The van der Waals surface area contributed by atoms with Gasteiger partial charge in [-0.3, -0.25) is 47.7 Å². The van der Waals surface area contributed by atoms with E-state index in [9.17, 15) is 60.3 Å². The summed E-state index contributed by atoms with van der Waals surface area (Å²) >= 11 is 11.6. The fourth-order valence-corrected chi connectivity index (χ4v) is 11.1. The number of halogens is 7. The van der Waals surface area contributed by atoms with Crippen LogP contribution < -0.4 is 27.8 Å². The van der Waals surface area contributed by atoms with Gasteiger partial charge in [0.1, 0.15) is 24.7 Å². The molecule has 4 aliphatic rings. The van der Waals surface area contributed by atoms with Gasteiger partial charge in [-0.2, -0.15) is 23.4 Å². The zero-order valence-electron chi connectivity index (χ0n) is 49.5. The Morgan fingerprint density at radius 1 is 0.626 bits per heavy atom. The van der Waals surface area contributed by atoms with Gasteiger partial charge in [0.2, 0.25) is 35.4 Å². The number of rotatable bonds is 20. The van der Waals surface area contributed by atoms with Crippen LogP contribution in [0.5, 0.6) is 0 Å². The SMILES string of the molecule is C[C@H]1CCCN(C(=O)Cc2ccc3c(c2)c(C(N)=O)nn3CC(=O)N(CC(=O)NCc2cccc(Cl)c2F)C2CC2)C1.NC(=O)c1nn(CC(=O)N(CC(=O)NCc2cccc(Cl)c2F)C2CC2)c2ccc(CC(=O)N3CCC[C@H](N)C3)cc12.O=C(O)C(F)(F)F. The Kier molecular flexibility index (Phi) is 22.4. The van der Waals surface area contributed by atoms with Gasteiger partial charge in [0.05, 0.1) is 47.0 Å². The molecule has 486 valence electrons. The summed E-state index contributed by atoms with van der Waals surface area (Å²) in [5, 5.41) is 21.9. The average molecular weight is 1310 g/mol. The van der Waals surface area contributed by atoms with Gasteiger partial charge in [-0.15, -0.1) is 0 Å². The normalized spacial score (nSPS) is 16.4. The number of aliphatic carboxylic acids is 1. The van der Waals surface area contributed by atoms with Gasteiger partial charge in [-0.05, 0) is 105 Å². The van der Waals surface area contributed by atoms with E-state index in [2.05, 4.69) is 27.8 Å². The smallest absolute Gasteiger partial charge is 0.475 e. The van der Waals surface area contributed by atoms with Crippen LogP contribution in [0.25, 0.3) is 21.8 Å². The molecular formula is C61H68Cl2F5N13O10. The first-order valence-electron chi connectivity index (χ1n) is 29.3. The lowest BCUT2D eigenvalue weighted by atomic mass is 9.99. The van der Waals surface area contributed by atoms with Crippen LogP contribution in [0.1, 0.15) is 102 Å². The zero-order chi connectivity index (χ0) is 66.0. The Morgan fingerprint density at radius 2 is 1.03 bits per heavy atom. The number of likely N-dealkylation sites (tertiary alicyclic amines) is 2. The first-order chi connectivity index (χ1) is 43.1. The highest BCUT2D eigenvalue weighted by atomic mass is 35.5. The molecule has 9 N–H and O–H groups in total. The molecular weight excluding hydrogens is 1240 g/mol. The van der Waals surface area contributed by atoms with E-state index in [1.54, 1.807) is 53.4 Å². The number of carbonyl (C=O) groups is 9. The van der Waals surface area contributed by atoms with Crippen LogP contribution in [0, 0.1) is 17.6 Å². The minimum atomic E-state index is -5.08. The number of aromatic nitrogens is 4. The van der Waals surface area contributed by atoms with Crippen molar-refractivity contribution in [2.45, 2.75) is 122 Å². The number of nitrogens with one attached hydrogen (secondary N) is 2. The largest absolute Gasteiger partial charge is 0.490 e. The van der Waals surface area contributed by atoms with Crippen LogP contribution in [0.15, 0.2) is 72.8 Å². The number of carboxylic acid groups (broad SMARTS) is 1. The molecule has 2 saturated heterocycles. The Hall–Kier alpha value is -8.76. The van der Waals surface area contributed by atoms with E-state index in [1.165, 1.54) is 43.4 Å². The van der Waals surface area contributed by atoms with E-state index in [0.717, 1.165) is 70.0 Å². The number of fused-ring (bicyclic) bond motifs is 2. The molecule has 0 spiro atoms. The summed E-state index contributed by atoms with van der Waals surface area (Å²) in [7, 11) is 0. The molecule has 91 heavy (non-hydrogen) atoms. The molecule has 4 aromatic carbocycles. The number of benzene rings is 4. The summed E-state index contributed by atoms with van der Waals surface area (Å²) in [4.78, 5) is 118. The minimum absolute atomic E-state index is 0.00800. The second kappa shape index (κ2) is 29.9. The molecule has 2 aromatic heterocycles. The molecule has 23 nitrogen and oxygen atoms in total. The van der Waals surface area contributed by atoms with Crippen LogP contribution in [-0.4, -0.2) is 161 Å². The molecule has 0 radical (unpaired) electrons. The number of alkyl halides is 3. The van der Waals surface area contributed by atoms with Gasteiger partial charge in [0.15, 0.2) is 11.4 Å². The van der Waals surface area contributed by atoms with Gasteiger partial charge in [-0.25, -0.2) is 13.6 Å². The standard InChI is InChI=1S/C30H34ClFN6O4.C29H33ClFN7O4.C2HF3O2/c1-18-4-3-11-36(15-18)26(40)13-19-7-10-24-22(12-19)29(30(33)42)35-38(24)17-27(41)37(21-8-9-21)16-25(39)34-14-20-5-2-6-23(31)28(20)32;30-22-5-1-3-18(27(22)31)13-34-24(39)15-37(20-7-8-20)26(41)16-38-23-9-6-17(11-21(23)28(35-38)29(33)42)12-25(40)36-10-2-4-19(32)14-36;3-2(4,5)1(6)7/h2,5-7,10,12,18,21H,3-4,8-9,11,13-17H2,1H3,(H2,33,42)(H,34,39);1,3,5-6,9,11,19-20H,2,4,7-8,10,12-16,32H2,(H2,33,42)(H,34,39);(H,6,7)/t18-;19-;/m00./s1. The van der Waals surface area contributed by atoms with Crippen LogP contribution in [0.4, 0.5) is 22.0 Å². The predicted octanol–water partition coefficient (Wildman–Crippen LogP) is 5.40. The maximum absolute atomic E-state index is 14.2. The number of carboxylic acids is 1.